The summed E-state index contributed by atoms with van der Waals surface area (Å²) in [6, 6.07) is 4.72. The predicted molar refractivity (Wildman–Crippen MR) is 90.8 cm³/mol. The number of nitrogens with zero attached hydrogens (tertiary/aromatic N) is 2. The third-order valence-electron chi connectivity index (χ3n) is 4.44. The van der Waals surface area contributed by atoms with Crippen LogP contribution in [0.4, 0.5) is 5.69 Å². The van der Waals surface area contributed by atoms with Crippen molar-refractivity contribution in [1.82, 2.24) is 10.0 Å². The van der Waals surface area contributed by atoms with Gasteiger partial charge in [-0.15, -0.1) is 0 Å². The molecule has 0 saturated carbocycles. The van der Waals surface area contributed by atoms with E-state index in [0.29, 0.717) is 17.0 Å². The topological polar surface area (TPSA) is 115 Å². The Morgan fingerprint density at radius 3 is 2.96 bits per heavy atom. The molecule has 126 valence electrons. The van der Waals surface area contributed by atoms with Crippen LogP contribution in [0, 0.1) is 0 Å². The average Bonchev–Trinajstić information content (AvgIpc) is 3.16. The maximum absolute atomic E-state index is 12.1. The zero-order chi connectivity index (χ0) is 16.9. The summed E-state index contributed by atoms with van der Waals surface area (Å²) in [5.41, 5.74) is 2.10. The lowest BCUT2D eigenvalue weighted by molar-refractivity contribution is 0.202. The van der Waals surface area contributed by atoms with Gasteiger partial charge in [-0.3, -0.25) is 9.98 Å². The predicted octanol–water partition coefficient (Wildman–Crippen LogP) is -0.241. The van der Waals surface area contributed by atoms with Crippen molar-refractivity contribution in [3.63, 3.8) is 0 Å². The van der Waals surface area contributed by atoms with Gasteiger partial charge in [0.2, 0.25) is 10.0 Å². The lowest BCUT2D eigenvalue weighted by Gasteiger charge is -2.22. The van der Waals surface area contributed by atoms with Crippen molar-refractivity contribution in [2.24, 2.45) is 9.98 Å². The number of nitrogens with one attached hydrogen (secondary N) is 3. The normalized spacial score (nSPS) is 30.3. The third kappa shape index (κ3) is 2.32. The van der Waals surface area contributed by atoms with E-state index in [1.807, 2.05) is 12.2 Å². The molecule has 1 aromatic rings. The highest BCUT2D eigenvalue weighted by Gasteiger charge is 2.37. The quantitative estimate of drug-likeness (QED) is 0.602. The second-order valence-electron chi connectivity index (χ2n) is 5.82. The third-order valence-corrected chi connectivity index (χ3v) is 5.85. The van der Waals surface area contributed by atoms with Crippen molar-refractivity contribution in [2.75, 3.05) is 12.4 Å². The van der Waals surface area contributed by atoms with E-state index in [1.165, 1.54) is 13.1 Å². The first-order chi connectivity index (χ1) is 11.5. The second-order valence-corrected chi connectivity index (χ2v) is 7.70. The number of aliphatic imine (C=N–C) groups is 2. The van der Waals surface area contributed by atoms with Crippen molar-refractivity contribution >= 4 is 27.8 Å². The second kappa shape index (κ2) is 5.40. The van der Waals surface area contributed by atoms with Crippen LogP contribution in [0.3, 0.4) is 0 Å². The summed E-state index contributed by atoms with van der Waals surface area (Å²) >= 11 is 0. The number of aliphatic hydroxyl groups excluding tert-OH is 1. The molecular formula is C15H17N5O3S. The first-order valence-electron chi connectivity index (χ1n) is 7.55. The summed E-state index contributed by atoms with van der Waals surface area (Å²) < 4.78 is 26.4. The van der Waals surface area contributed by atoms with Crippen LogP contribution in [0.1, 0.15) is 11.5 Å². The molecule has 4 unspecified atom stereocenters. The lowest BCUT2D eigenvalue weighted by Crippen LogP contribution is -2.35. The van der Waals surface area contributed by atoms with Crippen LogP contribution < -0.4 is 15.4 Å². The molecule has 3 heterocycles. The van der Waals surface area contributed by atoms with Gasteiger partial charge in [-0.05, 0) is 36.9 Å². The number of allylic oxidation sites excluding steroid dienone is 1. The van der Waals surface area contributed by atoms with Crippen LogP contribution in [0.15, 0.2) is 45.2 Å². The molecule has 0 radical (unpaired) electrons. The maximum atomic E-state index is 12.1. The first-order valence-corrected chi connectivity index (χ1v) is 9.03. The summed E-state index contributed by atoms with van der Waals surface area (Å²) in [4.78, 5) is 9.02. The monoisotopic (exact) mass is 347 g/mol. The number of aliphatic hydroxyl groups is 1. The number of benzene rings is 1. The van der Waals surface area contributed by atoms with Gasteiger partial charge in [0.15, 0.2) is 0 Å². The minimum absolute atomic E-state index is 0.0317. The highest BCUT2D eigenvalue weighted by molar-refractivity contribution is 7.89. The molecule has 0 saturated heterocycles. The van der Waals surface area contributed by atoms with E-state index in [0.717, 1.165) is 0 Å². The Balaban J connectivity index is 1.75. The molecule has 1 aromatic carbocycles. The molecule has 4 rings (SSSR count). The maximum Gasteiger partial charge on any atom is 0.240 e. The molecule has 4 N–H and O–H groups in total. The fourth-order valence-electron chi connectivity index (χ4n) is 3.19. The number of fused-ring (bicyclic) bond motifs is 2. The van der Waals surface area contributed by atoms with Crippen LogP contribution in [-0.2, 0) is 10.0 Å². The Labute approximate surface area is 139 Å². The molecule has 24 heavy (non-hydrogen) atoms. The zero-order valence-electron chi connectivity index (χ0n) is 12.8. The van der Waals surface area contributed by atoms with Gasteiger partial charge in [0.25, 0.3) is 0 Å². The number of hydrogen-bond donors (Lipinski definition) is 4. The molecule has 0 aliphatic carbocycles. The number of hydrogen-bond acceptors (Lipinski definition) is 7. The average molecular weight is 347 g/mol. The Morgan fingerprint density at radius 2 is 2.17 bits per heavy atom. The minimum atomic E-state index is -3.56. The van der Waals surface area contributed by atoms with Crippen LogP contribution >= 0.6 is 0 Å². The van der Waals surface area contributed by atoms with Gasteiger partial charge in [-0.25, -0.2) is 13.1 Å². The Hall–Kier alpha value is -2.23. The smallest absolute Gasteiger partial charge is 0.240 e. The largest absolute Gasteiger partial charge is 0.373 e. The van der Waals surface area contributed by atoms with Crippen LogP contribution in [0.25, 0.3) is 0 Å². The van der Waals surface area contributed by atoms with Crippen molar-refractivity contribution in [3.05, 3.63) is 35.9 Å². The van der Waals surface area contributed by atoms with Gasteiger partial charge in [0, 0.05) is 11.4 Å². The summed E-state index contributed by atoms with van der Waals surface area (Å²) in [6.45, 7) is 0. The molecule has 4 atom stereocenters. The number of dihydropyridines is 1. The molecule has 3 aliphatic heterocycles. The Morgan fingerprint density at radius 1 is 1.33 bits per heavy atom. The highest BCUT2D eigenvalue weighted by Crippen LogP contribution is 2.38. The van der Waals surface area contributed by atoms with Crippen molar-refractivity contribution in [1.29, 1.82) is 0 Å². The SMILES string of the molecule is CNS(=O)(=O)c1ccc2c(c1)C(C1=NC3NC=NC3C=C1)C(O)N2. The van der Waals surface area contributed by atoms with E-state index in [2.05, 4.69) is 25.3 Å². The van der Waals surface area contributed by atoms with Crippen molar-refractivity contribution < 1.29 is 13.5 Å². The highest BCUT2D eigenvalue weighted by atomic mass is 32.2. The Kier molecular flexibility index (Phi) is 3.44. The summed E-state index contributed by atoms with van der Waals surface area (Å²) in [6.07, 6.45) is 4.36. The van der Waals surface area contributed by atoms with Crippen molar-refractivity contribution in [2.45, 2.75) is 29.2 Å². The molecule has 9 heteroatoms. The molecule has 0 aromatic heterocycles. The van der Waals surface area contributed by atoms with E-state index in [9.17, 15) is 13.5 Å². The zero-order valence-corrected chi connectivity index (χ0v) is 13.7. The fourth-order valence-corrected chi connectivity index (χ4v) is 3.95. The van der Waals surface area contributed by atoms with E-state index in [1.54, 1.807) is 18.5 Å². The van der Waals surface area contributed by atoms with Gasteiger partial charge in [-0.1, -0.05) is 6.08 Å². The minimum Gasteiger partial charge on any atom is -0.373 e. The first kappa shape index (κ1) is 15.3. The molecule has 0 bridgehead atoms. The van der Waals surface area contributed by atoms with E-state index < -0.39 is 22.2 Å². The molecule has 0 fully saturated rings. The van der Waals surface area contributed by atoms with Crippen LogP contribution in [0.5, 0.6) is 0 Å². The van der Waals surface area contributed by atoms with E-state index in [4.69, 9.17) is 0 Å². The number of rotatable bonds is 3. The molecule has 0 amide bonds. The molecular weight excluding hydrogens is 330 g/mol. The van der Waals surface area contributed by atoms with Gasteiger partial charge in [0.05, 0.1) is 17.2 Å². The summed E-state index contributed by atoms with van der Waals surface area (Å²) in [5.74, 6) is -0.438. The van der Waals surface area contributed by atoms with E-state index >= 15 is 0 Å². The molecule has 8 nitrogen and oxygen atoms in total. The van der Waals surface area contributed by atoms with Crippen LogP contribution in [-0.4, -0.2) is 51.1 Å². The molecule has 3 aliphatic rings. The van der Waals surface area contributed by atoms with Gasteiger partial charge < -0.3 is 15.7 Å². The lowest BCUT2D eigenvalue weighted by atomic mass is 9.92. The van der Waals surface area contributed by atoms with Gasteiger partial charge >= 0.3 is 0 Å². The summed E-state index contributed by atoms with van der Waals surface area (Å²) in [5, 5.41) is 16.4. The van der Waals surface area contributed by atoms with Crippen LogP contribution in [0.2, 0.25) is 0 Å². The summed E-state index contributed by atoms with van der Waals surface area (Å²) in [7, 11) is -2.19. The Bertz CT molecular complexity index is 877. The molecule has 0 spiro atoms. The van der Waals surface area contributed by atoms with Crippen molar-refractivity contribution in [3.8, 4) is 0 Å². The number of sulfonamides is 1. The fraction of sp³-hybridized carbons (Fsp3) is 0.333. The van der Waals surface area contributed by atoms with Gasteiger partial charge in [-0.2, -0.15) is 0 Å². The van der Waals surface area contributed by atoms with E-state index in [-0.39, 0.29) is 17.1 Å². The van der Waals surface area contributed by atoms with Gasteiger partial charge in [0.1, 0.15) is 18.4 Å². The number of anilines is 1. The standard InChI is InChI=1S/C15H17N5O3S/c1-16-24(22,23)8-2-3-10-9(6-8)13(15(21)20-10)11-4-5-12-14(19-11)18-7-17-12/h2-7,12-16,20-21H,1H3,(H,17,18).